The molecule has 23 heavy (non-hydrogen) atoms. The number of para-hydroxylation sites is 1. The summed E-state index contributed by atoms with van der Waals surface area (Å²) in [5.74, 6) is 1.86. The van der Waals surface area contributed by atoms with Gasteiger partial charge in [-0.3, -0.25) is 4.57 Å². The molecular formula is C17H18N4S2. The normalized spacial score (nSPS) is 15.3. The van der Waals surface area contributed by atoms with Gasteiger partial charge in [-0.15, -0.1) is 0 Å². The topological polar surface area (TPSA) is 34.0 Å². The number of piperidine rings is 1. The molecule has 3 heterocycles. The van der Waals surface area contributed by atoms with E-state index < -0.39 is 0 Å². The smallest absolute Gasteiger partial charge is 0.168 e. The number of anilines is 1. The van der Waals surface area contributed by atoms with Crippen molar-refractivity contribution in [1.82, 2.24) is 14.5 Å². The lowest BCUT2D eigenvalue weighted by molar-refractivity contribution is 0.574. The standard InChI is InChI=1S/C17H18N4S2/c1-12-18-15(20-10-6-3-7-11-20)14-16(19-12)21(17(22)23-14)13-8-4-2-5-9-13/h2,4-5,8-9H,3,6-7,10-11H2,1H3. The fourth-order valence-corrected chi connectivity index (χ4v) is 4.51. The number of benzene rings is 1. The Morgan fingerprint density at radius 3 is 2.52 bits per heavy atom. The molecule has 0 spiro atoms. The SMILES string of the molecule is Cc1nc(N2CCCCC2)c2sc(=S)n(-c3ccccc3)c2n1. The van der Waals surface area contributed by atoms with Crippen molar-refractivity contribution in [3.8, 4) is 5.69 Å². The summed E-state index contributed by atoms with van der Waals surface area (Å²) in [7, 11) is 0. The maximum absolute atomic E-state index is 5.63. The molecule has 1 fully saturated rings. The van der Waals surface area contributed by atoms with Crippen molar-refractivity contribution in [2.24, 2.45) is 0 Å². The van der Waals surface area contributed by atoms with Crippen LogP contribution >= 0.6 is 23.6 Å². The highest BCUT2D eigenvalue weighted by atomic mass is 32.1. The molecule has 0 unspecified atom stereocenters. The Hall–Kier alpha value is -1.79. The molecule has 0 aliphatic carbocycles. The highest BCUT2D eigenvalue weighted by molar-refractivity contribution is 7.73. The molecule has 0 atom stereocenters. The van der Waals surface area contributed by atoms with Gasteiger partial charge in [-0.25, -0.2) is 9.97 Å². The highest BCUT2D eigenvalue weighted by Gasteiger charge is 2.20. The van der Waals surface area contributed by atoms with Crippen molar-refractivity contribution in [3.63, 3.8) is 0 Å². The van der Waals surface area contributed by atoms with Crippen LogP contribution < -0.4 is 4.90 Å². The molecule has 0 bridgehead atoms. The van der Waals surface area contributed by atoms with E-state index in [1.165, 1.54) is 19.3 Å². The van der Waals surface area contributed by atoms with Crippen LogP contribution in [0, 0.1) is 10.9 Å². The number of nitrogens with zero attached hydrogens (tertiary/aromatic N) is 4. The third kappa shape index (κ3) is 2.66. The van der Waals surface area contributed by atoms with Crippen molar-refractivity contribution in [2.75, 3.05) is 18.0 Å². The van der Waals surface area contributed by atoms with Gasteiger partial charge in [0.2, 0.25) is 0 Å². The van der Waals surface area contributed by atoms with Gasteiger partial charge in [0.05, 0.1) is 0 Å². The van der Waals surface area contributed by atoms with Crippen molar-refractivity contribution in [3.05, 3.63) is 40.1 Å². The summed E-state index contributed by atoms with van der Waals surface area (Å²) in [6, 6.07) is 10.2. The summed E-state index contributed by atoms with van der Waals surface area (Å²) in [5, 5.41) is 0. The van der Waals surface area contributed by atoms with Crippen LogP contribution in [0.15, 0.2) is 30.3 Å². The predicted molar refractivity (Wildman–Crippen MR) is 98.4 cm³/mol. The van der Waals surface area contributed by atoms with Crippen molar-refractivity contribution >= 4 is 39.7 Å². The Kier molecular flexibility index (Phi) is 3.87. The maximum Gasteiger partial charge on any atom is 0.168 e. The van der Waals surface area contributed by atoms with Crippen LogP contribution in [0.25, 0.3) is 16.0 Å². The van der Waals surface area contributed by atoms with Crippen LogP contribution in [-0.4, -0.2) is 27.6 Å². The van der Waals surface area contributed by atoms with E-state index in [1.807, 2.05) is 25.1 Å². The van der Waals surface area contributed by atoms with E-state index in [9.17, 15) is 0 Å². The zero-order chi connectivity index (χ0) is 15.8. The van der Waals surface area contributed by atoms with Crippen LogP contribution in [0.5, 0.6) is 0 Å². The summed E-state index contributed by atoms with van der Waals surface area (Å²) in [6.45, 7) is 4.10. The van der Waals surface area contributed by atoms with Crippen molar-refractivity contribution in [1.29, 1.82) is 0 Å². The first-order chi connectivity index (χ1) is 11.2. The molecule has 3 aromatic rings. The van der Waals surface area contributed by atoms with Gasteiger partial charge in [0, 0.05) is 18.8 Å². The minimum Gasteiger partial charge on any atom is -0.355 e. The quantitative estimate of drug-likeness (QED) is 0.642. The lowest BCUT2D eigenvalue weighted by Gasteiger charge is -2.28. The number of aromatic nitrogens is 3. The Balaban J connectivity index is 1.95. The van der Waals surface area contributed by atoms with Crippen LogP contribution in [0.4, 0.5) is 5.82 Å². The number of aryl methyl sites for hydroxylation is 1. The minimum atomic E-state index is 0.801. The lowest BCUT2D eigenvalue weighted by atomic mass is 10.1. The van der Waals surface area contributed by atoms with Crippen LogP contribution in [0.1, 0.15) is 25.1 Å². The molecule has 118 valence electrons. The van der Waals surface area contributed by atoms with Gasteiger partial charge in [0.1, 0.15) is 10.5 Å². The van der Waals surface area contributed by atoms with E-state index in [2.05, 4.69) is 21.6 Å². The average molecular weight is 342 g/mol. The van der Waals surface area contributed by atoms with E-state index >= 15 is 0 Å². The molecule has 1 aliphatic heterocycles. The molecule has 0 radical (unpaired) electrons. The number of thiazole rings is 1. The van der Waals surface area contributed by atoms with Gasteiger partial charge >= 0.3 is 0 Å². The molecule has 0 saturated carbocycles. The predicted octanol–water partition coefficient (Wildman–Crippen LogP) is 4.51. The Bertz CT molecular complexity index is 892. The Labute approximate surface area is 144 Å². The van der Waals surface area contributed by atoms with Crippen LogP contribution in [0.3, 0.4) is 0 Å². The first-order valence-corrected chi connectivity index (χ1v) is 9.17. The second-order valence-corrected chi connectivity index (χ2v) is 7.48. The van der Waals surface area contributed by atoms with Crippen molar-refractivity contribution < 1.29 is 0 Å². The summed E-state index contributed by atoms with van der Waals surface area (Å²) in [6.07, 6.45) is 3.77. The van der Waals surface area contributed by atoms with E-state index in [0.29, 0.717) is 0 Å². The molecule has 6 heteroatoms. The van der Waals surface area contributed by atoms with E-state index in [-0.39, 0.29) is 0 Å². The Morgan fingerprint density at radius 2 is 1.78 bits per heavy atom. The van der Waals surface area contributed by atoms with Gasteiger partial charge in [0.25, 0.3) is 0 Å². The van der Waals surface area contributed by atoms with E-state index in [4.69, 9.17) is 22.2 Å². The van der Waals surface area contributed by atoms with Crippen molar-refractivity contribution in [2.45, 2.75) is 26.2 Å². The van der Waals surface area contributed by atoms with E-state index in [1.54, 1.807) is 11.3 Å². The first kappa shape index (κ1) is 14.8. The maximum atomic E-state index is 5.63. The van der Waals surface area contributed by atoms with Gasteiger partial charge in [-0.2, -0.15) is 0 Å². The third-order valence-electron chi connectivity index (χ3n) is 4.20. The van der Waals surface area contributed by atoms with Gasteiger partial charge in [0.15, 0.2) is 15.4 Å². The van der Waals surface area contributed by atoms with E-state index in [0.717, 1.165) is 44.7 Å². The Morgan fingerprint density at radius 1 is 1.04 bits per heavy atom. The number of hydrogen-bond donors (Lipinski definition) is 0. The second kappa shape index (κ2) is 6.02. The van der Waals surface area contributed by atoms with Crippen LogP contribution in [-0.2, 0) is 0 Å². The number of fused-ring (bicyclic) bond motifs is 1. The fourth-order valence-electron chi connectivity index (χ4n) is 3.12. The summed E-state index contributed by atoms with van der Waals surface area (Å²) in [5.41, 5.74) is 1.99. The molecule has 0 N–H and O–H groups in total. The minimum absolute atomic E-state index is 0.801. The summed E-state index contributed by atoms with van der Waals surface area (Å²) in [4.78, 5) is 11.8. The largest absolute Gasteiger partial charge is 0.355 e. The number of rotatable bonds is 2. The summed E-state index contributed by atoms with van der Waals surface area (Å²) < 4.78 is 3.99. The highest BCUT2D eigenvalue weighted by Crippen LogP contribution is 2.33. The third-order valence-corrected chi connectivity index (χ3v) is 5.55. The zero-order valence-electron chi connectivity index (χ0n) is 13.0. The molecule has 4 nitrogen and oxygen atoms in total. The molecule has 1 aromatic carbocycles. The molecule has 2 aromatic heterocycles. The molecule has 0 amide bonds. The number of hydrogen-bond acceptors (Lipinski definition) is 5. The molecular weight excluding hydrogens is 324 g/mol. The molecule has 1 aliphatic rings. The first-order valence-electron chi connectivity index (χ1n) is 7.94. The van der Waals surface area contributed by atoms with Crippen LogP contribution in [0.2, 0.25) is 0 Å². The second-order valence-electron chi connectivity index (χ2n) is 5.83. The van der Waals surface area contributed by atoms with Gasteiger partial charge in [-0.1, -0.05) is 29.5 Å². The fraction of sp³-hybridized carbons (Fsp3) is 0.353. The van der Waals surface area contributed by atoms with Gasteiger partial charge < -0.3 is 4.90 Å². The molecule has 1 saturated heterocycles. The molecule has 4 rings (SSSR count). The average Bonchev–Trinajstić information content (AvgIpc) is 2.91. The summed E-state index contributed by atoms with van der Waals surface area (Å²) >= 11 is 7.25. The van der Waals surface area contributed by atoms with Gasteiger partial charge in [-0.05, 0) is 50.5 Å². The zero-order valence-corrected chi connectivity index (χ0v) is 14.7. The lowest BCUT2D eigenvalue weighted by Crippen LogP contribution is -2.30. The monoisotopic (exact) mass is 342 g/mol.